The van der Waals surface area contributed by atoms with Crippen LogP contribution in [-0.2, 0) is 13.1 Å². The van der Waals surface area contributed by atoms with Gasteiger partial charge in [-0.1, -0.05) is 13.0 Å². The molecule has 0 spiro atoms. The Morgan fingerprint density at radius 1 is 1.23 bits per heavy atom. The Labute approximate surface area is 175 Å². The van der Waals surface area contributed by atoms with Crippen LogP contribution in [0.4, 0.5) is 11.6 Å². The van der Waals surface area contributed by atoms with Crippen molar-refractivity contribution in [1.29, 1.82) is 0 Å². The molecule has 1 atom stereocenters. The number of amides is 1. The lowest BCUT2D eigenvalue weighted by atomic mass is 10.0. The Bertz CT molecular complexity index is 1090. The number of aryl methyl sites for hydroxylation is 1. The summed E-state index contributed by atoms with van der Waals surface area (Å²) in [6.45, 7) is 5.17. The summed E-state index contributed by atoms with van der Waals surface area (Å²) < 4.78 is 1.91. The Kier molecular flexibility index (Phi) is 5.21. The quantitative estimate of drug-likeness (QED) is 0.670. The van der Waals surface area contributed by atoms with E-state index in [1.54, 1.807) is 11.2 Å². The minimum absolute atomic E-state index is 0.0957. The number of aromatic nitrogens is 5. The lowest BCUT2D eigenvalue weighted by Crippen LogP contribution is -2.24. The molecule has 4 heterocycles. The zero-order valence-electron chi connectivity index (χ0n) is 17.7. The number of hydrogen-bond donors (Lipinski definition) is 1. The summed E-state index contributed by atoms with van der Waals surface area (Å²) in [5, 5.41) is 8.15. The van der Waals surface area contributed by atoms with E-state index in [2.05, 4.69) is 10.2 Å². The predicted octanol–water partition coefficient (Wildman–Crippen LogP) is 2.39. The van der Waals surface area contributed by atoms with Crippen LogP contribution in [0.1, 0.15) is 47.9 Å². The summed E-state index contributed by atoms with van der Waals surface area (Å²) in [4.78, 5) is 26.3. The zero-order valence-corrected chi connectivity index (χ0v) is 17.7. The molecule has 0 fully saturated rings. The van der Waals surface area contributed by atoms with E-state index >= 15 is 0 Å². The lowest BCUT2D eigenvalue weighted by Gasteiger charge is -2.18. The van der Waals surface area contributed by atoms with E-state index in [1.807, 2.05) is 61.7 Å². The Hall–Kier alpha value is -3.33. The molecule has 0 saturated heterocycles. The summed E-state index contributed by atoms with van der Waals surface area (Å²) in [7, 11) is 3.81. The molecule has 0 aliphatic carbocycles. The van der Waals surface area contributed by atoms with Gasteiger partial charge < -0.3 is 15.2 Å². The molecule has 9 nitrogen and oxygen atoms in total. The maximum Gasteiger partial charge on any atom is 0.260 e. The van der Waals surface area contributed by atoms with E-state index < -0.39 is 0 Å². The van der Waals surface area contributed by atoms with Gasteiger partial charge in [-0.25, -0.2) is 9.97 Å². The van der Waals surface area contributed by atoms with Crippen LogP contribution < -0.4 is 15.5 Å². The van der Waals surface area contributed by atoms with Crippen molar-refractivity contribution in [2.45, 2.75) is 39.4 Å². The molecule has 0 bridgehead atoms. The summed E-state index contributed by atoms with van der Waals surface area (Å²) >= 11 is 0. The van der Waals surface area contributed by atoms with Crippen molar-refractivity contribution in [3.8, 4) is 11.5 Å². The predicted molar refractivity (Wildman–Crippen MR) is 115 cm³/mol. The van der Waals surface area contributed by atoms with Gasteiger partial charge in [0.1, 0.15) is 23.7 Å². The van der Waals surface area contributed by atoms with Crippen molar-refractivity contribution >= 4 is 17.5 Å². The highest BCUT2D eigenvalue weighted by Crippen LogP contribution is 2.34. The van der Waals surface area contributed by atoms with Crippen LogP contribution in [0.2, 0.25) is 0 Å². The smallest absolute Gasteiger partial charge is 0.260 e. The van der Waals surface area contributed by atoms with Gasteiger partial charge in [-0.3, -0.25) is 9.69 Å². The molecule has 156 valence electrons. The highest BCUT2D eigenvalue weighted by molar-refractivity contribution is 6.10. The monoisotopic (exact) mass is 406 g/mol. The number of hydrogen-bond acceptors (Lipinski definition) is 7. The fourth-order valence-corrected chi connectivity index (χ4v) is 3.61. The molecule has 3 aromatic heterocycles. The molecular formula is C21H26N8O. The van der Waals surface area contributed by atoms with Gasteiger partial charge >= 0.3 is 0 Å². The molecule has 9 heteroatoms. The fourth-order valence-electron chi connectivity index (χ4n) is 3.61. The number of nitrogens with zero attached hydrogens (tertiary/aromatic N) is 7. The highest BCUT2D eigenvalue weighted by atomic mass is 16.2. The molecular weight excluding hydrogens is 380 g/mol. The molecule has 0 saturated carbocycles. The Balaban J connectivity index is 1.75. The van der Waals surface area contributed by atoms with Gasteiger partial charge in [0.2, 0.25) is 0 Å². The largest absolute Gasteiger partial charge is 0.363 e. The van der Waals surface area contributed by atoms with Crippen molar-refractivity contribution < 1.29 is 4.79 Å². The maximum absolute atomic E-state index is 13.3. The molecule has 1 aliphatic rings. The van der Waals surface area contributed by atoms with Crippen molar-refractivity contribution in [2.75, 3.05) is 23.9 Å². The number of anilines is 2. The molecule has 0 unspecified atom stereocenters. The minimum Gasteiger partial charge on any atom is -0.363 e. The van der Waals surface area contributed by atoms with Crippen molar-refractivity contribution in [1.82, 2.24) is 24.7 Å². The van der Waals surface area contributed by atoms with Crippen LogP contribution in [0.15, 0.2) is 30.6 Å². The second kappa shape index (κ2) is 7.83. The molecule has 4 rings (SSSR count). The first-order valence-electron chi connectivity index (χ1n) is 10.1. The van der Waals surface area contributed by atoms with Crippen LogP contribution in [-0.4, -0.2) is 44.7 Å². The normalized spacial score (nSPS) is 14.2. The number of carbonyl (C=O) groups excluding carboxylic acids is 1. The van der Waals surface area contributed by atoms with E-state index in [0.717, 1.165) is 30.0 Å². The first kappa shape index (κ1) is 20.0. The fraction of sp³-hybridized carbons (Fsp3) is 0.381. The summed E-state index contributed by atoms with van der Waals surface area (Å²) in [6, 6.07) is 7.19. The SMILES string of the molecule is CC[C@H](N)c1nc(N(C)C)cc2c1CN(c1cccc(-c3nncn3CC)n1)C2=O. The third-order valence-corrected chi connectivity index (χ3v) is 5.38. The maximum atomic E-state index is 13.3. The highest BCUT2D eigenvalue weighted by Gasteiger charge is 2.34. The molecule has 0 aromatic carbocycles. The lowest BCUT2D eigenvalue weighted by molar-refractivity contribution is 0.0996. The standard InChI is InChI=1S/C21H26N8O/c1-5-15(22)19-14-11-29(21(30)13(14)10-18(25-19)27(3)4)17-9-7-8-16(24-17)20-26-23-12-28(20)6-2/h7-10,12,15H,5-6,11,22H2,1-4H3/t15-/m0/s1. The minimum atomic E-state index is -0.228. The summed E-state index contributed by atoms with van der Waals surface area (Å²) in [6.07, 6.45) is 2.42. The van der Waals surface area contributed by atoms with Gasteiger partial charge in [0.15, 0.2) is 5.82 Å². The van der Waals surface area contributed by atoms with E-state index in [9.17, 15) is 4.79 Å². The van der Waals surface area contributed by atoms with E-state index in [-0.39, 0.29) is 11.9 Å². The van der Waals surface area contributed by atoms with Crippen LogP contribution in [0.5, 0.6) is 0 Å². The second-order valence-electron chi connectivity index (χ2n) is 7.51. The van der Waals surface area contributed by atoms with Gasteiger partial charge in [-0.2, -0.15) is 0 Å². The third-order valence-electron chi connectivity index (χ3n) is 5.38. The molecule has 2 N–H and O–H groups in total. The molecule has 0 radical (unpaired) electrons. The molecule has 30 heavy (non-hydrogen) atoms. The first-order valence-corrected chi connectivity index (χ1v) is 10.1. The number of carbonyl (C=O) groups is 1. The van der Waals surface area contributed by atoms with Gasteiger partial charge in [0.05, 0.1) is 17.8 Å². The number of fused-ring (bicyclic) bond motifs is 1. The Morgan fingerprint density at radius 3 is 2.73 bits per heavy atom. The van der Waals surface area contributed by atoms with E-state index in [0.29, 0.717) is 29.4 Å². The van der Waals surface area contributed by atoms with E-state index in [4.69, 9.17) is 15.7 Å². The Morgan fingerprint density at radius 2 is 2.03 bits per heavy atom. The number of rotatable bonds is 6. The van der Waals surface area contributed by atoms with Gasteiger partial charge in [-0.05, 0) is 31.5 Å². The van der Waals surface area contributed by atoms with Crippen molar-refractivity contribution in [2.24, 2.45) is 5.73 Å². The van der Waals surface area contributed by atoms with Crippen LogP contribution >= 0.6 is 0 Å². The third kappa shape index (κ3) is 3.30. The zero-order chi connectivity index (χ0) is 21.4. The van der Waals surface area contributed by atoms with Gasteiger partial charge in [0.25, 0.3) is 5.91 Å². The van der Waals surface area contributed by atoms with E-state index in [1.165, 1.54) is 0 Å². The molecule has 3 aromatic rings. The average Bonchev–Trinajstić information content (AvgIpc) is 3.37. The topological polar surface area (TPSA) is 106 Å². The van der Waals surface area contributed by atoms with Crippen molar-refractivity contribution in [3.63, 3.8) is 0 Å². The summed E-state index contributed by atoms with van der Waals surface area (Å²) in [5.41, 5.74) is 9.30. The van der Waals surface area contributed by atoms with Gasteiger partial charge in [-0.15, -0.1) is 10.2 Å². The van der Waals surface area contributed by atoms with Crippen molar-refractivity contribution in [3.05, 3.63) is 47.4 Å². The van der Waals surface area contributed by atoms with Crippen LogP contribution in [0.25, 0.3) is 11.5 Å². The number of nitrogens with two attached hydrogens (primary N) is 1. The summed E-state index contributed by atoms with van der Waals surface area (Å²) in [5.74, 6) is 1.87. The second-order valence-corrected chi connectivity index (χ2v) is 7.51. The molecule has 1 aliphatic heterocycles. The first-order chi connectivity index (χ1) is 14.4. The number of pyridine rings is 2. The van der Waals surface area contributed by atoms with Crippen LogP contribution in [0, 0.1) is 0 Å². The van der Waals surface area contributed by atoms with Gasteiger partial charge in [0, 0.05) is 32.2 Å². The average molecular weight is 406 g/mol. The van der Waals surface area contributed by atoms with Crippen LogP contribution in [0.3, 0.4) is 0 Å². The molecule has 1 amide bonds.